The molecule has 0 aromatic carbocycles. The molecule has 0 radical (unpaired) electrons. The molecule has 0 amide bonds. The minimum atomic E-state index is -0.982. The van der Waals surface area contributed by atoms with Gasteiger partial charge in [0.05, 0.1) is 5.80 Å². The van der Waals surface area contributed by atoms with Crippen molar-refractivity contribution in [3.05, 3.63) is 0 Å². The van der Waals surface area contributed by atoms with Gasteiger partial charge in [0.15, 0.2) is 0 Å². The van der Waals surface area contributed by atoms with E-state index in [-0.39, 0.29) is 0 Å². The second kappa shape index (κ2) is 10.2. The lowest BCUT2D eigenvalue weighted by molar-refractivity contribution is -0.152. The molecule has 1 unspecified atom stereocenters. The second-order valence-electron chi connectivity index (χ2n) is 3.53. The average Bonchev–Trinajstić information content (AvgIpc) is 2.14. The molecular formula is C11H23OP. The lowest BCUT2D eigenvalue weighted by atomic mass is 10.2. The third-order valence-corrected chi connectivity index (χ3v) is 3.54. The van der Waals surface area contributed by atoms with E-state index in [0.29, 0.717) is 0 Å². The molecule has 0 aromatic rings. The van der Waals surface area contributed by atoms with Crippen LogP contribution < -0.4 is 4.89 Å². The van der Waals surface area contributed by atoms with E-state index in [1.165, 1.54) is 25.7 Å². The molecule has 0 rings (SSSR count). The van der Waals surface area contributed by atoms with Crippen molar-refractivity contribution in [1.29, 1.82) is 0 Å². The van der Waals surface area contributed by atoms with Crippen molar-refractivity contribution in [2.45, 2.75) is 58.8 Å². The Kier molecular flexibility index (Phi) is 10.3. The summed E-state index contributed by atoms with van der Waals surface area (Å²) in [6, 6.07) is 0. The van der Waals surface area contributed by atoms with E-state index in [1.54, 1.807) is 0 Å². The zero-order valence-electron chi connectivity index (χ0n) is 9.09. The van der Waals surface area contributed by atoms with Gasteiger partial charge in [-0.3, -0.25) is 0 Å². The lowest BCUT2D eigenvalue weighted by Gasteiger charge is -1.97. The monoisotopic (exact) mass is 202 g/mol. The molecule has 0 aromatic heterocycles. The summed E-state index contributed by atoms with van der Waals surface area (Å²) >= 11 is 0. The number of hydrogen-bond acceptors (Lipinski definition) is 1. The van der Waals surface area contributed by atoms with Gasteiger partial charge in [0.25, 0.3) is 0 Å². The largest absolute Gasteiger partial charge is 0.631 e. The lowest BCUT2D eigenvalue weighted by Crippen LogP contribution is -1.94. The molecule has 2 heteroatoms. The highest BCUT2D eigenvalue weighted by Gasteiger charge is 1.94. The summed E-state index contributed by atoms with van der Waals surface area (Å²) < 4.78 is 0. The van der Waals surface area contributed by atoms with Crippen LogP contribution in [0, 0.1) is 0 Å². The first-order chi connectivity index (χ1) is 6.31. The number of rotatable bonds is 8. The SMILES string of the molecule is CCCCCCC=[P+]([O-])CCCC. The molecule has 78 valence electrons. The average molecular weight is 202 g/mol. The van der Waals surface area contributed by atoms with Crippen LogP contribution in [-0.2, 0) is 0 Å². The first-order valence-corrected chi connectivity index (χ1v) is 7.09. The van der Waals surface area contributed by atoms with Crippen LogP contribution in [0.1, 0.15) is 58.8 Å². The van der Waals surface area contributed by atoms with Crippen molar-refractivity contribution in [2.24, 2.45) is 0 Å². The van der Waals surface area contributed by atoms with E-state index in [0.717, 1.165) is 25.4 Å². The molecule has 0 saturated carbocycles. The topological polar surface area (TPSA) is 23.1 Å². The van der Waals surface area contributed by atoms with Gasteiger partial charge in [-0.2, -0.15) is 0 Å². The van der Waals surface area contributed by atoms with Gasteiger partial charge in [-0.05, 0) is 12.8 Å². The van der Waals surface area contributed by atoms with E-state index in [1.807, 2.05) is 5.80 Å². The Morgan fingerprint density at radius 2 is 1.69 bits per heavy atom. The highest BCUT2D eigenvalue weighted by molar-refractivity contribution is 7.49. The Hall–Kier alpha value is 0.130. The van der Waals surface area contributed by atoms with E-state index in [9.17, 15) is 4.89 Å². The Labute approximate surface area is 84.0 Å². The van der Waals surface area contributed by atoms with Gasteiger partial charge in [-0.15, -0.1) is 0 Å². The molecule has 0 fully saturated rings. The van der Waals surface area contributed by atoms with Gasteiger partial charge in [0, 0.05) is 14.2 Å². The number of hydrogen-bond donors (Lipinski definition) is 0. The maximum Gasteiger partial charge on any atom is 0.102 e. The van der Waals surface area contributed by atoms with Crippen LogP contribution >= 0.6 is 7.77 Å². The Morgan fingerprint density at radius 1 is 1.00 bits per heavy atom. The molecule has 0 spiro atoms. The summed E-state index contributed by atoms with van der Waals surface area (Å²) in [4.78, 5) is 11.3. The van der Waals surface area contributed by atoms with Crippen LogP contribution in [0.5, 0.6) is 0 Å². The third kappa shape index (κ3) is 10.0. The molecule has 0 aliphatic heterocycles. The predicted octanol–water partition coefficient (Wildman–Crippen LogP) is 3.32. The van der Waals surface area contributed by atoms with E-state index in [2.05, 4.69) is 13.8 Å². The second-order valence-corrected chi connectivity index (χ2v) is 5.17. The number of unbranched alkanes of at least 4 members (excludes halogenated alkanes) is 5. The molecule has 0 bridgehead atoms. The minimum Gasteiger partial charge on any atom is -0.631 e. The molecule has 1 nitrogen and oxygen atoms in total. The van der Waals surface area contributed by atoms with Crippen LogP contribution in [0.3, 0.4) is 0 Å². The van der Waals surface area contributed by atoms with Crippen LogP contribution in [0.4, 0.5) is 0 Å². The van der Waals surface area contributed by atoms with Crippen molar-refractivity contribution in [2.75, 3.05) is 6.16 Å². The smallest absolute Gasteiger partial charge is 0.102 e. The van der Waals surface area contributed by atoms with Gasteiger partial charge in [0.2, 0.25) is 0 Å². The van der Waals surface area contributed by atoms with Gasteiger partial charge in [-0.1, -0.05) is 39.5 Å². The van der Waals surface area contributed by atoms with Crippen molar-refractivity contribution in [3.63, 3.8) is 0 Å². The normalized spacial score (nSPS) is 12.1. The fourth-order valence-electron chi connectivity index (χ4n) is 1.21. The van der Waals surface area contributed by atoms with Crippen molar-refractivity contribution in [3.8, 4) is 0 Å². The summed E-state index contributed by atoms with van der Waals surface area (Å²) in [5, 5.41) is 0. The fourth-order valence-corrected chi connectivity index (χ4v) is 2.49. The summed E-state index contributed by atoms with van der Waals surface area (Å²) in [6.45, 7) is 4.36. The Balaban J connectivity index is 3.25. The first-order valence-electron chi connectivity index (χ1n) is 5.58. The van der Waals surface area contributed by atoms with Gasteiger partial charge in [0.1, 0.15) is 6.16 Å². The van der Waals surface area contributed by atoms with Crippen LogP contribution in [-0.4, -0.2) is 12.0 Å². The van der Waals surface area contributed by atoms with Crippen molar-refractivity contribution in [1.82, 2.24) is 0 Å². The van der Waals surface area contributed by atoms with E-state index < -0.39 is 7.77 Å². The third-order valence-electron chi connectivity index (χ3n) is 2.12. The molecule has 1 atom stereocenters. The van der Waals surface area contributed by atoms with E-state index in [4.69, 9.17) is 0 Å². The van der Waals surface area contributed by atoms with Crippen LogP contribution in [0.25, 0.3) is 0 Å². The fraction of sp³-hybridized carbons (Fsp3) is 0.909. The highest BCUT2D eigenvalue weighted by Crippen LogP contribution is 2.14. The quantitative estimate of drug-likeness (QED) is 0.437. The summed E-state index contributed by atoms with van der Waals surface area (Å²) in [5.74, 6) is 2.03. The Bertz CT molecular complexity index is 132. The summed E-state index contributed by atoms with van der Waals surface area (Å²) in [6.07, 6.45) is 9.34. The van der Waals surface area contributed by atoms with Crippen molar-refractivity contribution < 1.29 is 4.89 Å². The minimum absolute atomic E-state index is 0.902. The van der Waals surface area contributed by atoms with Gasteiger partial charge in [-0.25, -0.2) is 0 Å². The molecule has 13 heavy (non-hydrogen) atoms. The standard InChI is InChI=1S/C11H23OP/c1-3-5-7-8-9-11-13(12)10-6-4-2/h11H,3-10H2,1-2H3. The van der Waals surface area contributed by atoms with Gasteiger partial charge < -0.3 is 4.89 Å². The van der Waals surface area contributed by atoms with Crippen molar-refractivity contribution >= 4 is 13.6 Å². The molecule has 0 aliphatic carbocycles. The zero-order chi connectivity index (χ0) is 9.94. The zero-order valence-corrected chi connectivity index (χ0v) is 9.98. The molecule has 0 saturated heterocycles. The molecule has 0 N–H and O–H groups in total. The Morgan fingerprint density at radius 3 is 2.31 bits per heavy atom. The maximum absolute atomic E-state index is 11.3. The van der Waals surface area contributed by atoms with E-state index >= 15 is 0 Å². The van der Waals surface area contributed by atoms with Gasteiger partial charge >= 0.3 is 0 Å². The highest BCUT2D eigenvalue weighted by atomic mass is 31.1. The summed E-state index contributed by atoms with van der Waals surface area (Å²) in [5.41, 5.74) is 0. The van der Waals surface area contributed by atoms with Crippen LogP contribution in [0.2, 0.25) is 0 Å². The first kappa shape index (κ1) is 13.1. The predicted molar refractivity (Wildman–Crippen MR) is 61.5 cm³/mol. The maximum atomic E-state index is 11.3. The molecule has 0 aliphatic rings. The summed E-state index contributed by atoms with van der Waals surface area (Å²) in [7, 11) is -0.982. The molecule has 0 heterocycles. The van der Waals surface area contributed by atoms with Crippen LogP contribution in [0.15, 0.2) is 0 Å². The molecular weight excluding hydrogens is 179 g/mol.